The number of unbranched alkanes of at least 4 members (excludes halogenated alkanes) is 2. The van der Waals surface area contributed by atoms with Crippen molar-refractivity contribution < 1.29 is 14.3 Å². The van der Waals surface area contributed by atoms with Crippen LogP contribution in [0, 0.1) is 0 Å². The van der Waals surface area contributed by atoms with Crippen LogP contribution in [0.15, 0.2) is 42.5 Å². The molecule has 5 heteroatoms. The van der Waals surface area contributed by atoms with Crippen LogP contribution >= 0.6 is 11.8 Å². The molecular weight excluding hydrogens is 370 g/mol. The van der Waals surface area contributed by atoms with Gasteiger partial charge in [0, 0.05) is 17.9 Å². The Morgan fingerprint density at radius 2 is 1.86 bits per heavy atom. The average molecular weight is 398 g/mol. The number of benzene rings is 2. The van der Waals surface area contributed by atoms with Gasteiger partial charge >= 0.3 is 0 Å². The lowest BCUT2D eigenvalue weighted by Crippen LogP contribution is -2.30. The second kappa shape index (κ2) is 8.91. The summed E-state index contributed by atoms with van der Waals surface area (Å²) in [5, 5.41) is 0.0209. The van der Waals surface area contributed by atoms with Gasteiger partial charge in [0.05, 0.1) is 0 Å². The lowest BCUT2D eigenvalue weighted by molar-refractivity contribution is 0.0760. The summed E-state index contributed by atoms with van der Waals surface area (Å²) < 4.78 is 11.3. The minimum Gasteiger partial charge on any atom is -0.486 e. The molecule has 0 spiro atoms. The van der Waals surface area contributed by atoms with Gasteiger partial charge in [-0.2, -0.15) is 0 Å². The van der Waals surface area contributed by atoms with Gasteiger partial charge in [-0.1, -0.05) is 38.0 Å². The summed E-state index contributed by atoms with van der Waals surface area (Å²) in [6.07, 6.45) is 4.77. The Hall–Kier alpha value is -2.14. The third kappa shape index (κ3) is 4.14. The minimum absolute atomic E-state index is 0.0209. The highest BCUT2D eigenvalue weighted by Crippen LogP contribution is 2.42. The molecule has 2 aromatic carbocycles. The van der Waals surface area contributed by atoms with Crippen LogP contribution in [0.4, 0.5) is 0 Å². The van der Waals surface area contributed by atoms with Crippen molar-refractivity contribution in [2.24, 2.45) is 0 Å². The average Bonchev–Trinajstić information content (AvgIpc) is 3.23. The predicted molar refractivity (Wildman–Crippen MR) is 113 cm³/mol. The van der Waals surface area contributed by atoms with E-state index in [1.807, 2.05) is 35.2 Å². The highest BCUT2D eigenvalue weighted by molar-refractivity contribution is 7.99. The number of rotatable bonds is 6. The predicted octanol–water partition coefficient (Wildman–Crippen LogP) is 5.08. The first kappa shape index (κ1) is 19.2. The van der Waals surface area contributed by atoms with Crippen LogP contribution in [0.5, 0.6) is 11.5 Å². The largest absolute Gasteiger partial charge is 0.486 e. The third-order valence-corrected chi connectivity index (χ3v) is 6.53. The molecule has 2 aromatic rings. The Morgan fingerprint density at radius 3 is 2.64 bits per heavy atom. The van der Waals surface area contributed by atoms with Gasteiger partial charge in [-0.3, -0.25) is 4.79 Å². The molecule has 4 nitrogen and oxygen atoms in total. The number of carbonyl (C=O) groups is 1. The van der Waals surface area contributed by atoms with E-state index in [0.717, 1.165) is 41.3 Å². The number of hydrogen-bond donors (Lipinski definition) is 0. The highest BCUT2D eigenvalue weighted by Gasteiger charge is 2.32. The van der Waals surface area contributed by atoms with E-state index in [4.69, 9.17) is 9.47 Å². The van der Waals surface area contributed by atoms with Crippen molar-refractivity contribution in [3.05, 3.63) is 59.2 Å². The number of thioether (sulfide) groups is 1. The van der Waals surface area contributed by atoms with Gasteiger partial charge in [0.15, 0.2) is 11.5 Å². The molecule has 4 rings (SSSR count). The molecule has 0 saturated carbocycles. The van der Waals surface area contributed by atoms with E-state index in [9.17, 15) is 4.79 Å². The smallest absolute Gasteiger partial charge is 0.255 e. The van der Waals surface area contributed by atoms with Gasteiger partial charge < -0.3 is 14.4 Å². The van der Waals surface area contributed by atoms with E-state index in [0.29, 0.717) is 13.2 Å². The summed E-state index contributed by atoms with van der Waals surface area (Å²) in [5.41, 5.74) is 3.17. The van der Waals surface area contributed by atoms with Crippen LogP contribution in [0.1, 0.15) is 53.0 Å². The Bertz CT molecular complexity index is 821. The maximum absolute atomic E-state index is 13.1. The molecule has 0 radical (unpaired) electrons. The zero-order chi connectivity index (χ0) is 19.3. The van der Waals surface area contributed by atoms with Crippen molar-refractivity contribution in [3.8, 4) is 11.5 Å². The number of ether oxygens (including phenoxy) is 2. The van der Waals surface area contributed by atoms with E-state index in [-0.39, 0.29) is 11.3 Å². The summed E-state index contributed by atoms with van der Waals surface area (Å²) in [4.78, 5) is 15.1. The number of hydrogen-bond acceptors (Lipinski definition) is 4. The number of aryl methyl sites for hydroxylation is 1. The van der Waals surface area contributed by atoms with E-state index < -0.39 is 0 Å². The number of fused-ring (bicyclic) bond motifs is 1. The second-order valence-electron chi connectivity index (χ2n) is 7.28. The van der Waals surface area contributed by atoms with Crippen molar-refractivity contribution in [1.29, 1.82) is 0 Å². The van der Waals surface area contributed by atoms with Crippen LogP contribution in [0.3, 0.4) is 0 Å². The fourth-order valence-electron chi connectivity index (χ4n) is 3.73. The molecule has 148 valence electrons. The topological polar surface area (TPSA) is 38.8 Å². The second-order valence-corrected chi connectivity index (χ2v) is 8.47. The van der Waals surface area contributed by atoms with E-state index >= 15 is 0 Å². The normalized spacial score (nSPS) is 18.3. The van der Waals surface area contributed by atoms with E-state index in [2.05, 4.69) is 19.1 Å². The molecular formula is C23H27NO3S. The van der Waals surface area contributed by atoms with Gasteiger partial charge in [-0.25, -0.2) is 0 Å². The lowest BCUT2D eigenvalue weighted by Gasteiger charge is -2.26. The van der Waals surface area contributed by atoms with Crippen molar-refractivity contribution in [3.63, 3.8) is 0 Å². The zero-order valence-corrected chi connectivity index (χ0v) is 17.2. The molecule has 2 heterocycles. The fraction of sp³-hybridized carbons (Fsp3) is 0.435. The van der Waals surface area contributed by atoms with Crippen LogP contribution in [-0.4, -0.2) is 36.3 Å². The first-order valence-electron chi connectivity index (χ1n) is 10.2. The van der Waals surface area contributed by atoms with Gasteiger partial charge in [-0.15, -0.1) is 11.8 Å². The number of carbonyl (C=O) groups excluding carboxylic acids is 1. The molecule has 1 amide bonds. The Labute approximate surface area is 171 Å². The van der Waals surface area contributed by atoms with Gasteiger partial charge in [0.1, 0.15) is 18.6 Å². The minimum atomic E-state index is 0.0209. The summed E-state index contributed by atoms with van der Waals surface area (Å²) in [7, 11) is 0. The van der Waals surface area contributed by atoms with Crippen LogP contribution < -0.4 is 9.47 Å². The van der Waals surface area contributed by atoms with Crippen LogP contribution in [0.2, 0.25) is 0 Å². The fourth-order valence-corrected chi connectivity index (χ4v) is 4.97. The third-order valence-electron chi connectivity index (χ3n) is 5.27. The molecule has 2 aliphatic heterocycles. The van der Waals surface area contributed by atoms with Crippen LogP contribution in [-0.2, 0) is 6.42 Å². The Balaban J connectivity index is 1.48. The lowest BCUT2D eigenvalue weighted by atomic mass is 10.0. The van der Waals surface area contributed by atoms with Crippen molar-refractivity contribution in [1.82, 2.24) is 4.90 Å². The van der Waals surface area contributed by atoms with Crippen molar-refractivity contribution >= 4 is 17.7 Å². The quantitative estimate of drug-likeness (QED) is 0.637. The summed E-state index contributed by atoms with van der Waals surface area (Å²) in [5.74, 6) is 2.61. The standard InChI is InChI=1S/C23H27NO3S/c1-2-3-4-5-17-6-8-18(9-7-17)22(25)24-12-15-28-23(24)19-10-11-20-21(16-19)27-14-13-26-20/h6-11,16,23H,2-5,12-15H2,1H3/t23-/m1/s1. The number of nitrogens with zero attached hydrogens (tertiary/aromatic N) is 1. The first-order chi connectivity index (χ1) is 13.8. The van der Waals surface area contributed by atoms with Gasteiger partial charge in [0.2, 0.25) is 0 Å². The van der Waals surface area contributed by atoms with Crippen molar-refractivity contribution in [2.75, 3.05) is 25.5 Å². The molecule has 2 aliphatic rings. The Kier molecular flexibility index (Phi) is 6.10. The maximum atomic E-state index is 13.1. The van der Waals surface area contributed by atoms with E-state index in [1.165, 1.54) is 24.8 Å². The molecule has 28 heavy (non-hydrogen) atoms. The van der Waals surface area contributed by atoms with E-state index in [1.54, 1.807) is 11.8 Å². The first-order valence-corrected chi connectivity index (χ1v) is 11.2. The van der Waals surface area contributed by atoms with Gasteiger partial charge in [0.25, 0.3) is 5.91 Å². The molecule has 0 aromatic heterocycles. The molecule has 1 saturated heterocycles. The van der Waals surface area contributed by atoms with Gasteiger partial charge in [-0.05, 0) is 48.2 Å². The maximum Gasteiger partial charge on any atom is 0.255 e. The summed E-state index contributed by atoms with van der Waals surface area (Å²) in [6, 6.07) is 14.2. The molecule has 0 aliphatic carbocycles. The molecule has 0 bridgehead atoms. The molecule has 0 N–H and O–H groups in total. The SMILES string of the molecule is CCCCCc1ccc(C(=O)N2CCS[C@@H]2c2ccc3c(c2)OCCO3)cc1. The monoisotopic (exact) mass is 397 g/mol. The number of amides is 1. The van der Waals surface area contributed by atoms with Crippen LogP contribution in [0.25, 0.3) is 0 Å². The Morgan fingerprint density at radius 1 is 1.07 bits per heavy atom. The summed E-state index contributed by atoms with van der Waals surface area (Å²) in [6.45, 7) is 4.14. The highest BCUT2D eigenvalue weighted by atomic mass is 32.2. The molecule has 0 unspecified atom stereocenters. The molecule has 1 atom stereocenters. The molecule has 1 fully saturated rings. The van der Waals surface area contributed by atoms with Crippen molar-refractivity contribution in [2.45, 2.75) is 38.0 Å². The zero-order valence-electron chi connectivity index (χ0n) is 16.4. The summed E-state index contributed by atoms with van der Waals surface area (Å²) >= 11 is 1.80.